The molecule has 0 unspecified atom stereocenters. The van der Waals surface area contributed by atoms with Crippen molar-refractivity contribution < 1.29 is 14.1 Å². The van der Waals surface area contributed by atoms with Gasteiger partial charge in [-0.2, -0.15) is 4.98 Å². The van der Waals surface area contributed by atoms with E-state index in [1.54, 1.807) is 31.4 Å². The van der Waals surface area contributed by atoms with Crippen LogP contribution in [0.5, 0.6) is 5.75 Å². The number of methoxy groups -OCH3 is 1. The molecule has 164 valence electrons. The molecular weight excluding hydrogens is 410 g/mol. The molecule has 1 N–H and O–H groups in total. The largest absolute Gasteiger partial charge is 0.497 e. The van der Waals surface area contributed by atoms with Gasteiger partial charge in [0.1, 0.15) is 12.1 Å². The van der Waals surface area contributed by atoms with Crippen LogP contribution in [-0.2, 0) is 6.42 Å². The average molecular weight is 433 g/mol. The molecule has 0 aliphatic heterocycles. The van der Waals surface area contributed by atoms with Crippen LogP contribution in [-0.4, -0.2) is 49.9 Å². The Kier molecular flexibility index (Phi) is 6.81. The zero-order valence-electron chi connectivity index (χ0n) is 17.6. The first-order valence-corrected chi connectivity index (χ1v) is 10.3. The maximum atomic E-state index is 12.3. The first-order chi connectivity index (χ1) is 15.7. The number of carbonyl (C=O) groups excluding carboxylic acids is 1. The molecule has 2 aromatic heterocycles. The Hall–Kier alpha value is -4.08. The Labute approximate surface area is 184 Å². The van der Waals surface area contributed by atoms with E-state index in [4.69, 9.17) is 9.26 Å². The number of amides is 1. The molecule has 0 spiro atoms. The molecule has 0 aliphatic rings. The number of hydrogen-bond donors (Lipinski definition) is 1. The number of benzene rings is 2. The van der Waals surface area contributed by atoms with E-state index in [1.807, 2.05) is 24.3 Å². The van der Waals surface area contributed by atoms with E-state index >= 15 is 0 Å². The molecular formula is C22H23N7O3. The summed E-state index contributed by atoms with van der Waals surface area (Å²) in [6.45, 7) is 0.606. The first-order valence-electron chi connectivity index (χ1n) is 10.3. The fourth-order valence-electron chi connectivity index (χ4n) is 3.14. The molecule has 2 aromatic carbocycles. The summed E-state index contributed by atoms with van der Waals surface area (Å²) in [6.07, 6.45) is 4.92. The normalized spacial score (nSPS) is 10.8. The molecule has 32 heavy (non-hydrogen) atoms. The van der Waals surface area contributed by atoms with Crippen molar-refractivity contribution in [2.45, 2.75) is 25.7 Å². The zero-order chi connectivity index (χ0) is 22.2. The van der Waals surface area contributed by atoms with Gasteiger partial charge in [-0.05, 0) is 71.8 Å². The van der Waals surface area contributed by atoms with Crippen LogP contribution >= 0.6 is 0 Å². The molecule has 0 atom stereocenters. The third kappa shape index (κ3) is 5.34. The second kappa shape index (κ2) is 10.3. The van der Waals surface area contributed by atoms with Crippen molar-refractivity contribution in [1.82, 2.24) is 35.7 Å². The van der Waals surface area contributed by atoms with Crippen molar-refractivity contribution >= 4 is 5.91 Å². The maximum Gasteiger partial charge on any atom is 0.251 e. The molecule has 0 fully saturated rings. The van der Waals surface area contributed by atoms with E-state index in [0.29, 0.717) is 30.2 Å². The van der Waals surface area contributed by atoms with Crippen molar-refractivity contribution in [1.29, 1.82) is 0 Å². The van der Waals surface area contributed by atoms with Crippen LogP contribution in [0.4, 0.5) is 0 Å². The van der Waals surface area contributed by atoms with Gasteiger partial charge in [0.15, 0.2) is 0 Å². The third-order valence-corrected chi connectivity index (χ3v) is 4.91. The zero-order valence-corrected chi connectivity index (χ0v) is 17.6. The molecule has 10 heteroatoms. The van der Waals surface area contributed by atoms with Gasteiger partial charge in [0.05, 0.1) is 12.8 Å². The van der Waals surface area contributed by atoms with Gasteiger partial charge in [-0.25, -0.2) is 4.68 Å². The number of aryl methyl sites for hydroxylation is 1. The number of nitrogens with one attached hydrogen (secondary N) is 1. The smallest absolute Gasteiger partial charge is 0.251 e. The van der Waals surface area contributed by atoms with E-state index in [-0.39, 0.29) is 5.91 Å². The van der Waals surface area contributed by atoms with Crippen LogP contribution in [0, 0.1) is 0 Å². The van der Waals surface area contributed by atoms with Gasteiger partial charge in [0, 0.05) is 24.1 Å². The van der Waals surface area contributed by atoms with Crippen LogP contribution in [0.2, 0.25) is 0 Å². The van der Waals surface area contributed by atoms with E-state index in [9.17, 15) is 4.79 Å². The minimum Gasteiger partial charge on any atom is -0.497 e. The monoisotopic (exact) mass is 433 g/mol. The van der Waals surface area contributed by atoms with E-state index in [2.05, 4.69) is 31.0 Å². The summed E-state index contributed by atoms with van der Waals surface area (Å²) in [5, 5.41) is 18.0. The summed E-state index contributed by atoms with van der Waals surface area (Å²) >= 11 is 0. The second-order valence-electron chi connectivity index (χ2n) is 7.11. The third-order valence-electron chi connectivity index (χ3n) is 4.91. The van der Waals surface area contributed by atoms with Gasteiger partial charge in [0.2, 0.25) is 11.7 Å². The van der Waals surface area contributed by atoms with Gasteiger partial charge in [-0.3, -0.25) is 4.79 Å². The molecule has 0 aliphatic carbocycles. The summed E-state index contributed by atoms with van der Waals surface area (Å²) in [5.74, 6) is 1.86. The van der Waals surface area contributed by atoms with E-state index < -0.39 is 0 Å². The van der Waals surface area contributed by atoms with Crippen molar-refractivity contribution in [3.63, 3.8) is 0 Å². The average Bonchev–Trinajstić information content (AvgIpc) is 3.54. The van der Waals surface area contributed by atoms with Gasteiger partial charge >= 0.3 is 0 Å². The number of rotatable bonds is 10. The van der Waals surface area contributed by atoms with Crippen molar-refractivity contribution in [2.24, 2.45) is 0 Å². The lowest BCUT2D eigenvalue weighted by Gasteiger charge is -2.06. The minimum atomic E-state index is -0.103. The lowest BCUT2D eigenvalue weighted by atomic mass is 10.1. The summed E-state index contributed by atoms with van der Waals surface area (Å²) in [7, 11) is 1.63. The Morgan fingerprint density at radius 3 is 2.59 bits per heavy atom. The molecule has 10 nitrogen and oxygen atoms in total. The van der Waals surface area contributed by atoms with Gasteiger partial charge in [-0.15, -0.1) is 5.10 Å². The Morgan fingerprint density at radius 1 is 1.06 bits per heavy atom. The molecule has 0 radical (unpaired) electrons. The Morgan fingerprint density at radius 2 is 1.88 bits per heavy atom. The summed E-state index contributed by atoms with van der Waals surface area (Å²) in [4.78, 5) is 16.7. The summed E-state index contributed by atoms with van der Waals surface area (Å²) in [6, 6.07) is 14.6. The topological polar surface area (TPSA) is 121 Å². The highest BCUT2D eigenvalue weighted by molar-refractivity contribution is 5.94. The summed E-state index contributed by atoms with van der Waals surface area (Å²) in [5.41, 5.74) is 2.27. The SMILES string of the molecule is COc1ccc(-c2noc(CCCCCNC(=O)c3ccc(-n4cnnn4)cc3)n2)cc1. The van der Waals surface area contributed by atoms with Crippen LogP contribution in [0.15, 0.2) is 59.4 Å². The number of unbranched alkanes of at least 4 members (excludes halogenated alkanes) is 2. The number of ether oxygens (including phenoxy) is 1. The van der Waals surface area contributed by atoms with Crippen molar-refractivity contribution in [3.8, 4) is 22.8 Å². The van der Waals surface area contributed by atoms with E-state index in [1.165, 1.54) is 11.0 Å². The highest BCUT2D eigenvalue weighted by Gasteiger charge is 2.09. The number of aromatic nitrogens is 6. The van der Waals surface area contributed by atoms with Gasteiger partial charge in [0.25, 0.3) is 5.91 Å². The highest BCUT2D eigenvalue weighted by atomic mass is 16.5. The number of carbonyl (C=O) groups is 1. The Bertz CT molecular complexity index is 1120. The first kappa shape index (κ1) is 21.2. The number of hydrogen-bond acceptors (Lipinski definition) is 8. The molecule has 0 saturated heterocycles. The van der Waals surface area contributed by atoms with Gasteiger partial charge < -0.3 is 14.6 Å². The standard InChI is InChI=1S/C22H23N7O3/c1-31-19-12-8-16(9-13-19)21-25-20(32-26-21)5-3-2-4-14-23-22(30)17-6-10-18(11-7-17)29-15-24-27-28-29/h6-13,15H,2-5,14H2,1H3,(H,23,30). The molecule has 4 rings (SSSR count). The highest BCUT2D eigenvalue weighted by Crippen LogP contribution is 2.20. The quantitative estimate of drug-likeness (QED) is 0.379. The minimum absolute atomic E-state index is 0.103. The molecule has 4 aromatic rings. The predicted molar refractivity (Wildman–Crippen MR) is 115 cm³/mol. The maximum absolute atomic E-state index is 12.3. The Balaban J connectivity index is 1.15. The number of nitrogens with zero attached hydrogens (tertiary/aromatic N) is 6. The molecule has 0 bridgehead atoms. The van der Waals surface area contributed by atoms with Crippen LogP contribution in [0.1, 0.15) is 35.5 Å². The fraction of sp³-hybridized carbons (Fsp3) is 0.273. The van der Waals surface area contributed by atoms with Crippen LogP contribution in [0.25, 0.3) is 17.1 Å². The van der Waals surface area contributed by atoms with E-state index in [0.717, 1.165) is 36.3 Å². The van der Waals surface area contributed by atoms with Gasteiger partial charge in [-0.1, -0.05) is 11.6 Å². The van der Waals surface area contributed by atoms with Crippen LogP contribution < -0.4 is 10.1 Å². The van der Waals surface area contributed by atoms with Crippen molar-refractivity contribution in [3.05, 3.63) is 66.3 Å². The lowest BCUT2D eigenvalue weighted by molar-refractivity contribution is 0.0953. The van der Waals surface area contributed by atoms with Crippen molar-refractivity contribution in [2.75, 3.05) is 13.7 Å². The fourth-order valence-corrected chi connectivity index (χ4v) is 3.14. The second-order valence-corrected chi connectivity index (χ2v) is 7.11. The molecule has 0 saturated carbocycles. The number of tetrazole rings is 1. The predicted octanol–water partition coefficient (Wildman–Crippen LogP) is 2.86. The van der Waals surface area contributed by atoms with Crippen LogP contribution in [0.3, 0.4) is 0 Å². The molecule has 1 amide bonds. The molecule has 2 heterocycles. The summed E-state index contributed by atoms with van der Waals surface area (Å²) < 4.78 is 12.0. The lowest BCUT2D eigenvalue weighted by Crippen LogP contribution is -2.24.